The number of fused-ring (bicyclic) bond motifs is 1. The van der Waals surface area contributed by atoms with E-state index in [4.69, 9.17) is 11.0 Å². The molecule has 0 spiro atoms. The number of aromatic amines is 1. The summed E-state index contributed by atoms with van der Waals surface area (Å²) in [4.78, 5) is 5.27. The molecule has 0 radical (unpaired) electrons. The van der Waals surface area contributed by atoms with Crippen molar-refractivity contribution in [2.24, 2.45) is 0 Å². The van der Waals surface area contributed by atoms with Crippen LogP contribution in [-0.4, -0.2) is 12.0 Å². The Balaban J connectivity index is 2.09. The fourth-order valence-electron chi connectivity index (χ4n) is 2.39. The number of H-pyrrole nitrogens is 1. The van der Waals surface area contributed by atoms with Gasteiger partial charge in [0.25, 0.3) is 0 Å². The van der Waals surface area contributed by atoms with E-state index in [-0.39, 0.29) is 0 Å². The Bertz CT molecular complexity index is 811. The minimum absolute atomic E-state index is 0.568. The molecule has 3 rings (SSSR count). The first-order valence-corrected chi connectivity index (χ1v) is 6.30. The topological polar surface area (TPSA) is 68.8 Å². The molecule has 0 bridgehead atoms. The maximum absolute atomic E-state index is 8.89. The summed E-state index contributed by atoms with van der Waals surface area (Å²) < 4.78 is 0. The van der Waals surface area contributed by atoms with E-state index in [1.54, 1.807) is 12.1 Å². The van der Waals surface area contributed by atoms with E-state index >= 15 is 0 Å². The molecular formula is C16H14N4. The first kappa shape index (κ1) is 12.1. The molecule has 3 aromatic rings. The van der Waals surface area contributed by atoms with Gasteiger partial charge in [0.15, 0.2) is 0 Å². The zero-order chi connectivity index (χ0) is 14.1. The van der Waals surface area contributed by atoms with Gasteiger partial charge in [0.05, 0.1) is 28.7 Å². The van der Waals surface area contributed by atoms with Crippen LogP contribution in [0.5, 0.6) is 0 Å². The second-order valence-electron chi connectivity index (χ2n) is 4.66. The highest BCUT2D eigenvalue weighted by Gasteiger charge is 2.12. The first-order chi connectivity index (χ1) is 9.70. The lowest BCUT2D eigenvalue weighted by atomic mass is 10.1. The monoisotopic (exact) mass is 262 g/mol. The number of nitrogens with one attached hydrogen (secondary N) is 1. The van der Waals surface area contributed by atoms with Gasteiger partial charge in [-0.2, -0.15) is 5.26 Å². The number of nitrogens with zero attached hydrogens (tertiary/aromatic N) is 2. The van der Waals surface area contributed by atoms with Gasteiger partial charge in [-0.1, -0.05) is 18.2 Å². The Hall–Kier alpha value is -2.93. The van der Waals surface area contributed by atoms with Crippen LogP contribution in [0.4, 0.5) is 17.1 Å². The summed E-state index contributed by atoms with van der Waals surface area (Å²) in [5, 5.41) is 10.0. The minimum Gasteiger partial charge on any atom is -0.397 e. The van der Waals surface area contributed by atoms with Crippen molar-refractivity contribution in [3.63, 3.8) is 0 Å². The third-order valence-electron chi connectivity index (χ3n) is 3.45. The van der Waals surface area contributed by atoms with Gasteiger partial charge in [0.1, 0.15) is 0 Å². The lowest BCUT2D eigenvalue weighted by molar-refractivity contribution is 1.22. The molecule has 0 saturated heterocycles. The number of anilines is 3. The van der Waals surface area contributed by atoms with Gasteiger partial charge >= 0.3 is 0 Å². The number of nitriles is 1. The number of hydrogen-bond acceptors (Lipinski definition) is 3. The van der Waals surface area contributed by atoms with Crippen LogP contribution >= 0.6 is 0 Å². The smallest absolute Gasteiger partial charge is 0.0992 e. The average Bonchev–Trinajstić information content (AvgIpc) is 2.90. The van der Waals surface area contributed by atoms with Crippen molar-refractivity contribution < 1.29 is 0 Å². The van der Waals surface area contributed by atoms with Gasteiger partial charge < -0.3 is 15.6 Å². The third-order valence-corrected chi connectivity index (χ3v) is 3.45. The van der Waals surface area contributed by atoms with E-state index < -0.39 is 0 Å². The van der Waals surface area contributed by atoms with Crippen molar-refractivity contribution in [3.8, 4) is 6.07 Å². The SMILES string of the molecule is CN(c1ccc(C#N)cc1N)c1c[nH]c2ccccc12. The summed E-state index contributed by atoms with van der Waals surface area (Å²) in [7, 11) is 1.97. The summed E-state index contributed by atoms with van der Waals surface area (Å²) in [6.07, 6.45) is 1.96. The van der Waals surface area contributed by atoms with Crippen LogP contribution in [0.15, 0.2) is 48.7 Å². The fourth-order valence-corrected chi connectivity index (χ4v) is 2.39. The van der Waals surface area contributed by atoms with Crippen LogP contribution in [0, 0.1) is 11.3 Å². The standard InChI is InChI=1S/C16H14N4/c1-20(15-7-6-11(9-17)8-13(15)18)16-10-19-14-5-3-2-4-12(14)16/h2-8,10,19H,18H2,1H3. The van der Waals surface area contributed by atoms with E-state index in [0.29, 0.717) is 11.3 Å². The second kappa shape index (κ2) is 4.63. The highest BCUT2D eigenvalue weighted by Crippen LogP contribution is 2.34. The molecule has 4 nitrogen and oxygen atoms in total. The number of hydrogen-bond donors (Lipinski definition) is 2. The van der Waals surface area contributed by atoms with Crippen molar-refractivity contribution in [1.29, 1.82) is 5.26 Å². The largest absolute Gasteiger partial charge is 0.397 e. The molecule has 2 aromatic carbocycles. The van der Waals surface area contributed by atoms with Crippen molar-refractivity contribution in [1.82, 2.24) is 4.98 Å². The maximum Gasteiger partial charge on any atom is 0.0992 e. The van der Waals surface area contributed by atoms with Crippen LogP contribution in [0.1, 0.15) is 5.56 Å². The van der Waals surface area contributed by atoms with E-state index in [0.717, 1.165) is 22.3 Å². The van der Waals surface area contributed by atoms with E-state index in [1.165, 1.54) is 0 Å². The highest BCUT2D eigenvalue weighted by atomic mass is 15.1. The molecule has 0 aliphatic carbocycles. The van der Waals surface area contributed by atoms with Crippen LogP contribution in [-0.2, 0) is 0 Å². The third kappa shape index (κ3) is 1.86. The molecule has 0 unspecified atom stereocenters. The summed E-state index contributed by atoms with van der Waals surface area (Å²) in [6.45, 7) is 0. The summed E-state index contributed by atoms with van der Waals surface area (Å²) >= 11 is 0. The molecule has 0 saturated carbocycles. The van der Waals surface area contributed by atoms with Crippen LogP contribution in [0.25, 0.3) is 10.9 Å². The highest BCUT2D eigenvalue weighted by molar-refractivity contribution is 5.95. The van der Waals surface area contributed by atoms with Gasteiger partial charge in [-0.3, -0.25) is 0 Å². The average molecular weight is 262 g/mol. The zero-order valence-electron chi connectivity index (χ0n) is 11.1. The minimum atomic E-state index is 0.568. The van der Waals surface area contributed by atoms with Gasteiger partial charge in [-0.05, 0) is 24.3 Å². The number of nitrogen functional groups attached to an aromatic ring is 1. The lowest BCUT2D eigenvalue weighted by Gasteiger charge is -2.20. The fraction of sp³-hybridized carbons (Fsp3) is 0.0625. The second-order valence-corrected chi connectivity index (χ2v) is 4.66. The van der Waals surface area contributed by atoms with Crippen LogP contribution in [0.2, 0.25) is 0 Å². The van der Waals surface area contributed by atoms with Gasteiger partial charge in [-0.15, -0.1) is 0 Å². The summed E-state index contributed by atoms with van der Waals surface area (Å²) in [5.74, 6) is 0. The maximum atomic E-state index is 8.89. The summed E-state index contributed by atoms with van der Waals surface area (Å²) in [5.41, 5.74) is 10.2. The summed E-state index contributed by atoms with van der Waals surface area (Å²) in [6, 6.07) is 15.5. The Kier molecular flexibility index (Phi) is 2.81. The number of rotatable bonds is 2. The van der Waals surface area contributed by atoms with Gasteiger partial charge in [-0.25, -0.2) is 0 Å². The number of nitrogens with two attached hydrogens (primary N) is 1. The molecule has 0 aliphatic rings. The van der Waals surface area contributed by atoms with Gasteiger partial charge in [0.2, 0.25) is 0 Å². The molecule has 0 fully saturated rings. The Labute approximate surface area is 117 Å². The molecule has 4 heteroatoms. The van der Waals surface area contributed by atoms with Crippen LogP contribution in [0.3, 0.4) is 0 Å². The first-order valence-electron chi connectivity index (χ1n) is 6.30. The molecule has 3 N–H and O–H groups in total. The van der Waals surface area contributed by atoms with E-state index in [9.17, 15) is 0 Å². The Morgan fingerprint density at radius 2 is 1.95 bits per heavy atom. The van der Waals surface area contributed by atoms with Crippen molar-refractivity contribution >= 4 is 28.0 Å². The van der Waals surface area contributed by atoms with Crippen LogP contribution < -0.4 is 10.6 Å². The molecule has 20 heavy (non-hydrogen) atoms. The molecule has 98 valence electrons. The van der Waals surface area contributed by atoms with Crippen molar-refractivity contribution in [2.75, 3.05) is 17.7 Å². The predicted molar refractivity (Wildman–Crippen MR) is 81.9 cm³/mol. The predicted octanol–water partition coefficient (Wildman–Crippen LogP) is 3.39. The Morgan fingerprint density at radius 1 is 1.15 bits per heavy atom. The molecule has 0 amide bonds. The quantitative estimate of drug-likeness (QED) is 0.695. The number of benzene rings is 2. The van der Waals surface area contributed by atoms with Crippen molar-refractivity contribution in [3.05, 3.63) is 54.2 Å². The zero-order valence-corrected chi connectivity index (χ0v) is 11.1. The van der Waals surface area contributed by atoms with E-state index in [2.05, 4.69) is 17.1 Å². The van der Waals surface area contributed by atoms with E-state index in [1.807, 2.05) is 42.4 Å². The number of aromatic nitrogens is 1. The number of para-hydroxylation sites is 1. The Morgan fingerprint density at radius 3 is 2.70 bits per heavy atom. The van der Waals surface area contributed by atoms with Crippen molar-refractivity contribution in [2.45, 2.75) is 0 Å². The molecule has 0 atom stereocenters. The van der Waals surface area contributed by atoms with Gasteiger partial charge in [0, 0.05) is 24.1 Å². The molecule has 0 aliphatic heterocycles. The lowest BCUT2D eigenvalue weighted by Crippen LogP contribution is -2.11. The molecule has 1 aromatic heterocycles. The molecular weight excluding hydrogens is 248 g/mol. The molecule has 1 heterocycles. The normalized spacial score (nSPS) is 10.4.